The Hall–Kier alpha value is -0.830. The van der Waals surface area contributed by atoms with Crippen molar-refractivity contribution in [1.29, 1.82) is 0 Å². The second-order valence-electron chi connectivity index (χ2n) is 3.99. The maximum absolute atomic E-state index is 5.84. The Balaban J connectivity index is 2.03. The number of aromatic nitrogens is 2. The number of nitrogens with two attached hydrogens (primary N) is 1. The molecular formula is C10H17N3. The molecular weight excluding hydrogens is 162 g/mol. The van der Waals surface area contributed by atoms with Crippen molar-refractivity contribution in [2.24, 2.45) is 11.7 Å². The molecule has 1 heterocycles. The van der Waals surface area contributed by atoms with Gasteiger partial charge in [-0.2, -0.15) is 5.10 Å². The summed E-state index contributed by atoms with van der Waals surface area (Å²) in [5.41, 5.74) is 7.20. The Bertz CT molecular complexity index is 290. The first kappa shape index (κ1) is 8.75. The average Bonchev–Trinajstić information content (AvgIpc) is 2.78. The zero-order chi connectivity index (χ0) is 9.42. The molecule has 3 atom stereocenters. The molecule has 3 unspecified atom stereocenters. The van der Waals surface area contributed by atoms with Crippen LogP contribution in [0.2, 0.25) is 0 Å². The summed E-state index contributed by atoms with van der Waals surface area (Å²) < 4.78 is 1.98. The standard InChI is InChI=1S/C10H17N3/c1-3-13-6-8(5-12-13)10-4-9(10)7(2)11/h5-7,9-10H,3-4,11H2,1-2H3. The molecule has 0 aromatic carbocycles. The zero-order valence-electron chi connectivity index (χ0n) is 8.27. The highest BCUT2D eigenvalue weighted by molar-refractivity contribution is 5.21. The average molecular weight is 179 g/mol. The topological polar surface area (TPSA) is 43.8 Å². The number of rotatable bonds is 3. The summed E-state index contributed by atoms with van der Waals surface area (Å²) in [6.45, 7) is 5.15. The Kier molecular flexibility index (Phi) is 2.12. The molecule has 3 nitrogen and oxygen atoms in total. The van der Waals surface area contributed by atoms with E-state index in [1.54, 1.807) is 0 Å². The zero-order valence-corrected chi connectivity index (χ0v) is 8.27. The van der Waals surface area contributed by atoms with E-state index in [0.717, 1.165) is 6.54 Å². The highest BCUT2D eigenvalue weighted by Gasteiger charge is 2.41. The molecule has 0 aliphatic heterocycles. The highest BCUT2D eigenvalue weighted by atomic mass is 15.3. The van der Waals surface area contributed by atoms with Gasteiger partial charge >= 0.3 is 0 Å². The van der Waals surface area contributed by atoms with Gasteiger partial charge < -0.3 is 5.73 Å². The van der Waals surface area contributed by atoms with Gasteiger partial charge in [-0.05, 0) is 37.7 Å². The number of nitrogens with zero attached hydrogens (tertiary/aromatic N) is 2. The minimum Gasteiger partial charge on any atom is -0.328 e. The van der Waals surface area contributed by atoms with Crippen molar-refractivity contribution in [3.63, 3.8) is 0 Å². The molecule has 1 aliphatic carbocycles. The predicted octanol–water partition coefficient (Wildman–Crippen LogP) is 1.35. The molecule has 0 saturated heterocycles. The van der Waals surface area contributed by atoms with Gasteiger partial charge in [0, 0.05) is 18.8 Å². The van der Waals surface area contributed by atoms with E-state index in [0.29, 0.717) is 17.9 Å². The molecule has 0 radical (unpaired) electrons. The van der Waals surface area contributed by atoms with E-state index < -0.39 is 0 Å². The Morgan fingerprint density at radius 2 is 2.54 bits per heavy atom. The van der Waals surface area contributed by atoms with Gasteiger partial charge in [0.15, 0.2) is 0 Å². The van der Waals surface area contributed by atoms with Gasteiger partial charge in [-0.25, -0.2) is 0 Å². The van der Waals surface area contributed by atoms with Gasteiger partial charge in [0.25, 0.3) is 0 Å². The first-order valence-electron chi connectivity index (χ1n) is 5.00. The van der Waals surface area contributed by atoms with Crippen LogP contribution in [0.5, 0.6) is 0 Å². The summed E-state index contributed by atoms with van der Waals surface area (Å²) in [5, 5.41) is 4.27. The van der Waals surface area contributed by atoms with Crippen molar-refractivity contribution >= 4 is 0 Å². The van der Waals surface area contributed by atoms with Crippen molar-refractivity contribution in [2.75, 3.05) is 0 Å². The van der Waals surface area contributed by atoms with Crippen LogP contribution in [0, 0.1) is 5.92 Å². The molecule has 2 rings (SSSR count). The monoisotopic (exact) mass is 179 g/mol. The second kappa shape index (κ2) is 3.14. The molecule has 1 aromatic rings. The van der Waals surface area contributed by atoms with E-state index >= 15 is 0 Å². The third-order valence-corrected chi connectivity index (χ3v) is 2.92. The summed E-state index contributed by atoms with van der Waals surface area (Å²) >= 11 is 0. The van der Waals surface area contributed by atoms with Gasteiger partial charge in [-0.3, -0.25) is 4.68 Å². The third kappa shape index (κ3) is 1.61. The molecule has 1 aromatic heterocycles. The first-order chi connectivity index (χ1) is 6.22. The summed E-state index contributed by atoms with van der Waals surface area (Å²) in [6.07, 6.45) is 5.37. The van der Waals surface area contributed by atoms with Crippen LogP contribution in [-0.2, 0) is 6.54 Å². The van der Waals surface area contributed by atoms with Crippen molar-refractivity contribution in [3.05, 3.63) is 18.0 Å². The van der Waals surface area contributed by atoms with Crippen LogP contribution in [0.15, 0.2) is 12.4 Å². The SMILES string of the molecule is CCn1cc(C2CC2C(C)N)cn1. The lowest BCUT2D eigenvalue weighted by molar-refractivity contribution is 0.630. The van der Waals surface area contributed by atoms with Crippen LogP contribution in [0.1, 0.15) is 31.7 Å². The van der Waals surface area contributed by atoms with Crippen molar-refractivity contribution in [3.8, 4) is 0 Å². The first-order valence-corrected chi connectivity index (χ1v) is 5.00. The molecule has 1 aliphatic rings. The molecule has 13 heavy (non-hydrogen) atoms. The second-order valence-corrected chi connectivity index (χ2v) is 3.99. The van der Waals surface area contributed by atoms with Crippen LogP contribution >= 0.6 is 0 Å². The molecule has 0 spiro atoms. The normalized spacial score (nSPS) is 28.8. The third-order valence-electron chi connectivity index (χ3n) is 2.92. The molecule has 2 N–H and O–H groups in total. The number of aryl methyl sites for hydroxylation is 1. The number of hydrogen-bond donors (Lipinski definition) is 1. The van der Waals surface area contributed by atoms with Gasteiger partial charge in [0.2, 0.25) is 0 Å². The Morgan fingerprint density at radius 3 is 3.00 bits per heavy atom. The Labute approximate surface area is 78.9 Å². The summed E-state index contributed by atoms with van der Waals surface area (Å²) in [5.74, 6) is 1.37. The van der Waals surface area contributed by atoms with E-state index in [4.69, 9.17) is 5.73 Å². The summed E-state index contributed by atoms with van der Waals surface area (Å²) in [4.78, 5) is 0. The van der Waals surface area contributed by atoms with E-state index in [1.807, 2.05) is 10.9 Å². The summed E-state index contributed by atoms with van der Waals surface area (Å²) in [7, 11) is 0. The van der Waals surface area contributed by atoms with Crippen molar-refractivity contribution < 1.29 is 0 Å². The van der Waals surface area contributed by atoms with Crippen LogP contribution in [0.3, 0.4) is 0 Å². The minimum atomic E-state index is 0.329. The Morgan fingerprint density at radius 1 is 1.77 bits per heavy atom. The van der Waals surface area contributed by atoms with Gasteiger partial charge in [0.05, 0.1) is 6.20 Å². The fourth-order valence-corrected chi connectivity index (χ4v) is 1.92. The smallest absolute Gasteiger partial charge is 0.0524 e. The van der Waals surface area contributed by atoms with Crippen LogP contribution < -0.4 is 5.73 Å². The molecule has 0 amide bonds. The molecule has 3 heteroatoms. The summed E-state index contributed by atoms with van der Waals surface area (Å²) in [6, 6.07) is 0.329. The quantitative estimate of drug-likeness (QED) is 0.761. The minimum absolute atomic E-state index is 0.329. The fraction of sp³-hybridized carbons (Fsp3) is 0.700. The lowest BCUT2D eigenvalue weighted by Crippen LogP contribution is -2.17. The highest BCUT2D eigenvalue weighted by Crippen LogP contribution is 2.48. The maximum Gasteiger partial charge on any atom is 0.0524 e. The lowest BCUT2D eigenvalue weighted by atomic mass is 10.1. The predicted molar refractivity (Wildman–Crippen MR) is 52.4 cm³/mol. The van der Waals surface area contributed by atoms with Crippen LogP contribution in [0.25, 0.3) is 0 Å². The van der Waals surface area contributed by atoms with Gasteiger partial charge in [0.1, 0.15) is 0 Å². The van der Waals surface area contributed by atoms with E-state index in [1.165, 1.54) is 12.0 Å². The van der Waals surface area contributed by atoms with Crippen LogP contribution in [-0.4, -0.2) is 15.8 Å². The maximum atomic E-state index is 5.84. The molecule has 1 fully saturated rings. The van der Waals surface area contributed by atoms with Crippen molar-refractivity contribution in [2.45, 2.75) is 38.8 Å². The van der Waals surface area contributed by atoms with Gasteiger partial charge in [-0.1, -0.05) is 0 Å². The lowest BCUT2D eigenvalue weighted by Gasteiger charge is -2.00. The van der Waals surface area contributed by atoms with E-state index in [9.17, 15) is 0 Å². The fourth-order valence-electron chi connectivity index (χ4n) is 1.92. The molecule has 1 saturated carbocycles. The van der Waals surface area contributed by atoms with Crippen LogP contribution in [0.4, 0.5) is 0 Å². The van der Waals surface area contributed by atoms with E-state index in [-0.39, 0.29) is 0 Å². The van der Waals surface area contributed by atoms with E-state index in [2.05, 4.69) is 25.1 Å². The largest absolute Gasteiger partial charge is 0.328 e. The van der Waals surface area contributed by atoms with Gasteiger partial charge in [-0.15, -0.1) is 0 Å². The molecule has 0 bridgehead atoms. The number of hydrogen-bond acceptors (Lipinski definition) is 2. The van der Waals surface area contributed by atoms with Crippen molar-refractivity contribution in [1.82, 2.24) is 9.78 Å². The molecule has 72 valence electrons.